The average molecular weight is 277 g/mol. The van der Waals surface area contributed by atoms with Gasteiger partial charge in [0.25, 0.3) is 0 Å². The fourth-order valence-corrected chi connectivity index (χ4v) is 2.31. The van der Waals surface area contributed by atoms with Gasteiger partial charge in [0.2, 0.25) is 11.8 Å². The number of amides is 2. The molecule has 1 aromatic carbocycles. The Balaban J connectivity index is 2.07. The summed E-state index contributed by atoms with van der Waals surface area (Å²) in [7, 11) is 0. The lowest BCUT2D eigenvalue weighted by atomic mass is 10.1. The largest absolute Gasteiger partial charge is 0.508 e. The highest BCUT2D eigenvalue weighted by molar-refractivity contribution is 5.76. The highest BCUT2D eigenvalue weighted by Gasteiger charge is 2.26. The molecule has 6 heteroatoms. The minimum Gasteiger partial charge on any atom is -0.508 e. The number of carbonyl (C=O) groups is 2. The van der Waals surface area contributed by atoms with Crippen LogP contribution in [0.15, 0.2) is 24.3 Å². The first-order valence-electron chi connectivity index (χ1n) is 6.67. The van der Waals surface area contributed by atoms with Gasteiger partial charge < -0.3 is 10.8 Å². The van der Waals surface area contributed by atoms with E-state index in [1.807, 2.05) is 11.1 Å². The zero-order chi connectivity index (χ0) is 14.5. The summed E-state index contributed by atoms with van der Waals surface area (Å²) < 4.78 is 0. The normalized spacial score (nSPS) is 16.4. The summed E-state index contributed by atoms with van der Waals surface area (Å²) in [6.07, 6.45) is 1.52. The van der Waals surface area contributed by atoms with Crippen molar-refractivity contribution in [1.29, 1.82) is 0 Å². The summed E-state index contributed by atoms with van der Waals surface area (Å²) in [5.41, 5.74) is 6.01. The van der Waals surface area contributed by atoms with Gasteiger partial charge in [-0.15, -0.1) is 0 Å². The van der Waals surface area contributed by atoms with E-state index in [9.17, 15) is 14.7 Å². The number of rotatable bonds is 5. The number of hydrogen-bond donors (Lipinski definition) is 2. The molecule has 1 heterocycles. The minimum absolute atomic E-state index is 0.0315. The van der Waals surface area contributed by atoms with Gasteiger partial charge >= 0.3 is 0 Å². The number of phenolic OH excluding ortho intramolecular Hbond substituents is 1. The quantitative estimate of drug-likeness (QED) is 0.825. The minimum atomic E-state index is -0.375. The summed E-state index contributed by atoms with van der Waals surface area (Å²) in [5, 5.41) is 13.0. The Labute approximate surface area is 117 Å². The van der Waals surface area contributed by atoms with Crippen molar-refractivity contribution >= 4 is 11.8 Å². The van der Waals surface area contributed by atoms with Crippen LogP contribution in [0, 0.1) is 0 Å². The van der Waals surface area contributed by atoms with Crippen LogP contribution in [0.4, 0.5) is 0 Å². The van der Waals surface area contributed by atoms with Crippen molar-refractivity contribution in [2.24, 2.45) is 5.73 Å². The van der Waals surface area contributed by atoms with Gasteiger partial charge in [0.15, 0.2) is 0 Å². The fraction of sp³-hybridized carbons (Fsp3) is 0.429. The Hall–Kier alpha value is -2.08. The molecule has 1 fully saturated rings. The molecular weight excluding hydrogens is 258 g/mol. The van der Waals surface area contributed by atoms with Crippen molar-refractivity contribution < 1.29 is 14.7 Å². The zero-order valence-corrected chi connectivity index (χ0v) is 11.3. The van der Waals surface area contributed by atoms with E-state index in [-0.39, 0.29) is 24.0 Å². The highest BCUT2D eigenvalue weighted by Crippen LogP contribution is 2.18. The first-order chi connectivity index (χ1) is 9.56. The van der Waals surface area contributed by atoms with Crippen LogP contribution >= 0.6 is 0 Å². The number of hydrogen-bond acceptors (Lipinski definition) is 4. The first-order valence-corrected chi connectivity index (χ1v) is 6.67. The number of nitrogens with two attached hydrogens (primary N) is 1. The molecule has 0 spiro atoms. The van der Waals surface area contributed by atoms with Crippen LogP contribution in [-0.2, 0) is 16.1 Å². The third-order valence-electron chi connectivity index (χ3n) is 3.30. The molecule has 3 N–H and O–H groups in total. The van der Waals surface area contributed by atoms with E-state index in [0.717, 1.165) is 18.5 Å². The standard InChI is InChI=1S/C14H19N3O3/c15-13(19)6-8-16-7-2-5-14(20)17(16)10-11-3-1-4-12(18)9-11/h1,3-4,9,18H,2,5-8,10H2,(H2,15,19). The van der Waals surface area contributed by atoms with Crippen LogP contribution in [0.2, 0.25) is 0 Å². The topological polar surface area (TPSA) is 86.9 Å². The number of hydrazine groups is 1. The average Bonchev–Trinajstić information content (AvgIpc) is 2.39. The number of nitrogens with zero attached hydrogens (tertiary/aromatic N) is 2. The Morgan fingerprint density at radius 1 is 1.40 bits per heavy atom. The van der Waals surface area contributed by atoms with Crippen LogP contribution in [0.1, 0.15) is 24.8 Å². The maximum absolute atomic E-state index is 12.0. The van der Waals surface area contributed by atoms with E-state index < -0.39 is 0 Å². The van der Waals surface area contributed by atoms with Crippen molar-refractivity contribution in [3.05, 3.63) is 29.8 Å². The second kappa shape index (κ2) is 6.38. The van der Waals surface area contributed by atoms with Gasteiger partial charge in [-0.3, -0.25) is 14.6 Å². The van der Waals surface area contributed by atoms with Crippen LogP contribution in [0.5, 0.6) is 5.75 Å². The summed E-state index contributed by atoms with van der Waals surface area (Å²) >= 11 is 0. The third kappa shape index (κ3) is 3.71. The lowest BCUT2D eigenvalue weighted by molar-refractivity contribution is -0.158. The number of primary amides is 1. The maximum atomic E-state index is 12.0. The molecule has 6 nitrogen and oxygen atoms in total. The summed E-state index contributed by atoms with van der Waals surface area (Å²) in [4.78, 5) is 22.9. The summed E-state index contributed by atoms with van der Waals surface area (Å²) in [6, 6.07) is 6.82. The van der Waals surface area contributed by atoms with Gasteiger partial charge in [0.05, 0.1) is 6.54 Å². The molecule has 0 aliphatic carbocycles. The predicted molar refractivity (Wildman–Crippen MR) is 73.3 cm³/mol. The van der Waals surface area contributed by atoms with Crippen LogP contribution < -0.4 is 5.73 Å². The first kappa shape index (κ1) is 14.3. The fourth-order valence-electron chi connectivity index (χ4n) is 2.31. The van der Waals surface area contributed by atoms with Crippen LogP contribution in [0.25, 0.3) is 0 Å². The van der Waals surface area contributed by atoms with Crippen molar-refractivity contribution in [1.82, 2.24) is 10.0 Å². The molecule has 2 amide bonds. The lowest BCUT2D eigenvalue weighted by Crippen LogP contribution is -2.50. The Morgan fingerprint density at radius 3 is 2.90 bits per heavy atom. The van der Waals surface area contributed by atoms with Crippen molar-refractivity contribution in [3.63, 3.8) is 0 Å². The molecule has 0 saturated carbocycles. The molecular formula is C14H19N3O3. The lowest BCUT2D eigenvalue weighted by Gasteiger charge is -2.38. The summed E-state index contributed by atoms with van der Waals surface area (Å²) in [6.45, 7) is 1.57. The molecule has 2 rings (SSSR count). The second-order valence-electron chi connectivity index (χ2n) is 4.89. The molecule has 1 aliphatic rings. The van der Waals surface area contributed by atoms with Gasteiger partial charge in [-0.05, 0) is 24.1 Å². The maximum Gasteiger partial charge on any atom is 0.237 e. The monoisotopic (exact) mass is 277 g/mol. The third-order valence-corrected chi connectivity index (χ3v) is 3.30. The van der Waals surface area contributed by atoms with E-state index in [1.54, 1.807) is 23.2 Å². The number of aromatic hydroxyl groups is 1. The summed E-state index contributed by atoms with van der Waals surface area (Å²) in [5.74, 6) is -0.167. The van der Waals surface area contributed by atoms with E-state index >= 15 is 0 Å². The number of carbonyl (C=O) groups excluding carboxylic acids is 2. The van der Waals surface area contributed by atoms with Gasteiger partial charge in [-0.2, -0.15) is 0 Å². The Morgan fingerprint density at radius 2 is 2.20 bits per heavy atom. The Bertz CT molecular complexity index is 504. The van der Waals surface area contributed by atoms with Crippen LogP contribution in [0.3, 0.4) is 0 Å². The van der Waals surface area contributed by atoms with Crippen molar-refractivity contribution in [2.45, 2.75) is 25.8 Å². The van der Waals surface area contributed by atoms with E-state index in [4.69, 9.17) is 5.73 Å². The zero-order valence-electron chi connectivity index (χ0n) is 11.3. The van der Waals surface area contributed by atoms with Gasteiger partial charge in [-0.25, -0.2) is 5.01 Å². The number of phenols is 1. The Kier molecular flexibility index (Phi) is 4.57. The molecule has 108 valence electrons. The molecule has 0 aromatic heterocycles. The number of benzene rings is 1. The van der Waals surface area contributed by atoms with Crippen molar-refractivity contribution in [3.8, 4) is 5.75 Å². The van der Waals surface area contributed by atoms with E-state index in [1.165, 1.54) is 0 Å². The second-order valence-corrected chi connectivity index (χ2v) is 4.89. The van der Waals surface area contributed by atoms with Gasteiger partial charge in [0.1, 0.15) is 5.75 Å². The predicted octanol–water partition coefficient (Wildman–Crippen LogP) is 0.607. The van der Waals surface area contributed by atoms with E-state index in [0.29, 0.717) is 19.5 Å². The molecule has 1 aliphatic heterocycles. The van der Waals surface area contributed by atoms with Crippen molar-refractivity contribution in [2.75, 3.05) is 13.1 Å². The smallest absolute Gasteiger partial charge is 0.237 e. The molecule has 1 saturated heterocycles. The van der Waals surface area contributed by atoms with Crippen LogP contribution in [-0.4, -0.2) is 40.0 Å². The molecule has 0 atom stereocenters. The highest BCUT2D eigenvalue weighted by atomic mass is 16.3. The van der Waals surface area contributed by atoms with Gasteiger partial charge in [-0.1, -0.05) is 12.1 Å². The van der Waals surface area contributed by atoms with Gasteiger partial charge in [0, 0.05) is 25.9 Å². The molecule has 0 bridgehead atoms. The van der Waals surface area contributed by atoms with E-state index in [2.05, 4.69) is 0 Å². The molecule has 0 radical (unpaired) electrons. The SMILES string of the molecule is NC(=O)CCN1CCCC(=O)N1Cc1cccc(O)c1. The molecule has 0 unspecified atom stereocenters. The molecule has 20 heavy (non-hydrogen) atoms. The molecule has 1 aromatic rings.